The van der Waals surface area contributed by atoms with Crippen LogP contribution in [0.25, 0.3) is 0 Å². The first-order chi connectivity index (χ1) is 9.47. The molecule has 1 aromatic carbocycles. The van der Waals surface area contributed by atoms with E-state index in [1.807, 2.05) is 0 Å². The van der Waals surface area contributed by atoms with Gasteiger partial charge in [0.25, 0.3) is 0 Å². The molecular formula is C16H20O4. The van der Waals surface area contributed by atoms with E-state index in [2.05, 4.69) is 20.8 Å². The van der Waals surface area contributed by atoms with Gasteiger partial charge < -0.3 is 14.6 Å². The second-order valence-corrected chi connectivity index (χ2v) is 5.88. The van der Waals surface area contributed by atoms with Crippen molar-refractivity contribution in [3.8, 4) is 11.5 Å². The predicted octanol–water partition coefficient (Wildman–Crippen LogP) is 2.66. The molecule has 2 aliphatic rings. The lowest BCUT2D eigenvalue weighted by molar-refractivity contribution is -0.136. The van der Waals surface area contributed by atoms with Crippen LogP contribution in [0.15, 0.2) is 0 Å². The molecule has 20 heavy (non-hydrogen) atoms. The lowest BCUT2D eigenvalue weighted by atomic mass is 9.91. The maximum Gasteiger partial charge on any atom is 0.303 e. The zero-order valence-corrected chi connectivity index (χ0v) is 12.2. The van der Waals surface area contributed by atoms with Crippen LogP contribution in [0.5, 0.6) is 11.5 Å². The largest absolute Gasteiger partial charge is 0.490 e. The number of carbonyl (C=O) groups is 1. The van der Waals surface area contributed by atoms with Crippen molar-refractivity contribution in [3.63, 3.8) is 0 Å². The summed E-state index contributed by atoms with van der Waals surface area (Å²) in [5.74, 6) is 1.12. The molecule has 108 valence electrons. The van der Waals surface area contributed by atoms with Gasteiger partial charge in [0.15, 0.2) is 0 Å². The molecule has 2 heterocycles. The van der Waals surface area contributed by atoms with Gasteiger partial charge in [0, 0.05) is 36.0 Å². The molecule has 0 fully saturated rings. The predicted molar refractivity (Wildman–Crippen MR) is 74.7 cm³/mol. The van der Waals surface area contributed by atoms with Crippen molar-refractivity contribution < 1.29 is 19.4 Å². The molecule has 3 rings (SSSR count). The van der Waals surface area contributed by atoms with E-state index in [1.54, 1.807) is 0 Å². The van der Waals surface area contributed by atoms with Crippen LogP contribution in [0.2, 0.25) is 0 Å². The fraction of sp³-hybridized carbons (Fsp3) is 0.562. The Bertz CT molecular complexity index is 537. The number of benzene rings is 1. The second-order valence-electron chi connectivity index (χ2n) is 5.88. The van der Waals surface area contributed by atoms with E-state index in [9.17, 15) is 4.79 Å². The minimum absolute atomic E-state index is 0.133. The van der Waals surface area contributed by atoms with E-state index in [0.29, 0.717) is 6.42 Å². The summed E-state index contributed by atoms with van der Waals surface area (Å²) < 4.78 is 11.9. The summed E-state index contributed by atoms with van der Waals surface area (Å²) in [7, 11) is 0. The Morgan fingerprint density at radius 3 is 2.40 bits per heavy atom. The van der Waals surface area contributed by atoms with Crippen molar-refractivity contribution in [1.82, 2.24) is 0 Å². The van der Waals surface area contributed by atoms with E-state index in [-0.39, 0.29) is 18.6 Å². The molecule has 0 amide bonds. The van der Waals surface area contributed by atoms with Gasteiger partial charge >= 0.3 is 5.97 Å². The number of hydrogen-bond donors (Lipinski definition) is 1. The van der Waals surface area contributed by atoms with Crippen LogP contribution in [0.4, 0.5) is 0 Å². The zero-order chi connectivity index (χ0) is 14.4. The first kappa shape index (κ1) is 13.3. The molecule has 2 unspecified atom stereocenters. The molecule has 1 N–H and O–H groups in total. The third-order valence-corrected chi connectivity index (χ3v) is 4.19. The molecule has 0 aliphatic carbocycles. The number of carboxylic acid groups (broad SMARTS) is 1. The summed E-state index contributed by atoms with van der Waals surface area (Å²) >= 11 is 0. The second kappa shape index (κ2) is 4.69. The number of fused-ring (bicyclic) bond motifs is 2. The van der Waals surface area contributed by atoms with E-state index in [1.165, 1.54) is 11.1 Å². The van der Waals surface area contributed by atoms with E-state index in [0.717, 1.165) is 35.5 Å². The van der Waals surface area contributed by atoms with Crippen LogP contribution < -0.4 is 9.47 Å². The monoisotopic (exact) mass is 276 g/mol. The summed E-state index contributed by atoms with van der Waals surface area (Å²) in [6, 6.07) is 0. The van der Waals surface area contributed by atoms with E-state index >= 15 is 0 Å². The minimum Gasteiger partial charge on any atom is -0.490 e. The van der Waals surface area contributed by atoms with Gasteiger partial charge in [-0.15, -0.1) is 0 Å². The summed E-state index contributed by atoms with van der Waals surface area (Å²) in [4.78, 5) is 10.9. The van der Waals surface area contributed by atoms with Crippen LogP contribution in [0, 0.1) is 6.92 Å². The Kier molecular flexibility index (Phi) is 3.11. The van der Waals surface area contributed by atoms with Crippen LogP contribution in [-0.2, 0) is 24.1 Å². The molecule has 2 atom stereocenters. The van der Waals surface area contributed by atoms with Crippen molar-refractivity contribution in [2.45, 2.75) is 58.7 Å². The van der Waals surface area contributed by atoms with Gasteiger partial charge in [0.1, 0.15) is 23.7 Å². The molecule has 0 aromatic heterocycles. The fourth-order valence-electron chi connectivity index (χ4n) is 3.31. The topological polar surface area (TPSA) is 55.8 Å². The van der Waals surface area contributed by atoms with Gasteiger partial charge in [-0.05, 0) is 32.8 Å². The molecule has 4 nitrogen and oxygen atoms in total. The van der Waals surface area contributed by atoms with E-state index < -0.39 is 5.97 Å². The lowest BCUT2D eigenvalue weighted by Crippen LogP contribution is -2.08. The molecule has 2 aliphatic heterocycles. The highest BCUT2D eigenvalue weighted by molar-refractivity contribution is 5.69. The normalized spacial score (nSPS) is 22.9. The van der Waals surface area contributed by atoms with Crippen molar-refractivity contribution in [3.05, 3.63) is 22.3 Å². The van der Waals surface area contributed by atoms with Crippen molar-refractivity contribution >= 4 is 5.97 Å². The molecule has 1 aromatic rings. The number of carboxylic acids is 1. The van der Waals surface area contributed by atoms with Gasteiger partial charge in [-0.2, -0.15) is 0 Å². The summed E-state index contributed by atoms with van der Waals surface area (Å²) in [5, 5.41) is 8.96. The first-order valence-electron chi connectivity index (χ1n) is 7.19. The highest BCUT2D eigenvalue weighted by Crippen LogP contribution is 2.46. The molecule has 0 radical (unpaired) electrons. The van der Waals surface area contributed by atoms with Crippen molar-refractivity contribution in [2.75, 3.05) is 0 Å². The van der Waals surface area contributed by atoms with E-state index in [4.69, 9.17) is 14.6 Å². The highest BCUT2D eigenvalue weighted by Gasteiger charge is 2.33. The van der Waals surface area contributed by atoms with Gasteiger partial charge in [-0.25, -0.2) is 0 Å². The molecule has 0 bridgehead atoms. The maximum atomic E-state index is 10.9. The maximum absolute atomic E-state index is 10.9. The lowest BCUT2D eigenvalue weighted by Gasteiger charge is -2.15. The van der Waals surface area contributed by atoms with Gasteiger partial charge in [0.05, 0.1) is 0 Å². The van der Waals surface area contributed by atoms with Crippen LogP contribution in [0.1, 0.15) is 42.5 Å². The average molecular weight is 276 g/mol. The third-order valence-electron chi connectivity index (χ3n) is 4.19. The van der Waals surface area contributed by atoms with Crippen LogP contribution >= 0.6 is 0 Å². The smallest absolute Gasteiger partial charge is 0.303 e. The summed E-state index contributed by atoms with van der Waals surface area (Å²) in [5.41, 5.74) is 4.58. The molecule has 4 heteroatoms. The van der Waals surface area contributed by atoms with Gasteiger partial charge in [-0.3, -0.25) is 4.79 Å². The van der Waals surface area contributed by atoms with Crippen molar-refractivity contribution in [2.24, 2.45) is 0 Å². The number of ether oxygens (including phenoxy) is 2. The number of aliphatic carboxylic acids is 1. The molecule has 0 saturated heterocycles. The van der Waals surface area contributed by atoms with Gasteiger partial charge in [-0.1, -0.05) is 0 Å². The zero-order valence-electron chi connectivity index (χ0n) is 12.2. The number of hydrogen-bond acceptors (Lipinski definition) is 3. The molecule has 0 saturated carbocycles. The Morgan fingerprint density at radius 1 is 1.15 bits per heavy atom. The molecule has 0 spiro atoms. The standard InChI is InChI=1S/C16H20O4/c1-8-6-12-10(3)15-13(7-9(2)19-15)11(16(12)20-8)4-5-14(17)18/h8-9H,4-7H2,1-3H3,(H,17,18). The molecular weight excluding hydrogens is 256 g/mol. The van der Waals surface area contributed by atoms with Gasteiger partial charge in [0.2, 0.25) is 0 Å². The first-order valence-corrected chi connectivity index (χ1v) is 7.19. The average Bonchev–Trinajstić information content (AvgIpc) is 2.92. The summed E-state index contributed by atoms with van der Waals surface area (Å²) in [6.07, 6.45) is 2.69. The van der Waals surface area contributed by atoms with Crippen molar-refractivity contribution in [1.29, 1.82) is 0 Å². The Balaban J connectivity index is 2.10. The Labute approximate surface area is 118 Å². The Morgan fingerprint density at radius 2 is 1.75 bits per heavy atom. The SMILES string of the molecule is Cc1c2c(c(CCC(=O)O)c3c1OC(C)C3)OC(C)C2. The number of rotatable bonds is 3. The van der Waals surface area contributed by atoms with Crippen LogP contribution in [-0.4, -0.2) is 23.3 Å². The van der Waals surface area contributed by atoms with Crippen LogP contribution in [0.3, 0.4) is 0 Å². The Hall–Kier alpha value is -1.71. The third kappa shape index (κ3) is 2.03. The quantitative estimate of drug-likeness (QED) is 0.922. The highest BCUT2D eigenvalue weighted by atomic mass is 16.5. The minimum atomic E-state index is -0.772. The fourth-order valence-corrected chi connectivity index (χ4v) is 3.31. The summed E-state index contributed by atoms with van der Waals surface area (Å²) in [6.45, 7) is 6.18.